The highest BCUT2D eigenvalue weighted by Crippen LogP contribution is 2.31. The summed E-state index contributed by atoms with van der Waals surface area (Å²) in [4.78, 5) is 14.4. The Hall–Kier alpha value is -0.650. The largest absolute Gasteiger partial charge is 0.375 e. The van der Waals surface area contributed by atoms with Crippen LogP contribution in [0.1, 0.15) is 38.5 Å². The molecule has 116 valence electrons. The van der Waals surface area contributed by atoms with E-state index in [9.17, 15) is 4.79 Å². The van der Waals surface area contributed by atoms with Gasteiger partial charge < -0.3 is 20.3 Å². The Bertz CT molecular complexity index is 308. The van der Waals surface area contributed by atoms with Gasteiger partial charge in [-0.05, 0) is 26.9 Å². The summed E-state index contributed by atoms with van der Waals surface area (Å²) in [6.07, 6.45) is 6.73. The SMILES string of the molecule is CN(C)C1(CNC(=O)CC2CNCCO2)CCCCC1. The molecule has 1 aliphatic heterocycles. The minimum atomic E-state index is 0.0328. The van der Waals surface area contributed by atoms with Crippen LogP contribution < -0.4 is 10.6 Å². The van der Waals surface area contributed by atoms with Crippen LogP contribution in [0.5, 0.6) is 0 Å². The zero-order valence-electron chi connectivity index (χ0n) is 12.9. The van der Waals surface area contributed by atoms with Crippen LogP contribution in [0.2, 0.25) is 0 Å². The fourth-order valence-electron chi connectivity index (χ4n) is 3.28. The van der Waals surface area contributed by atoms with Crippen LogP contribution in [0, 0.1) is 0 Å². The molecule has 5 nitrogen and oxygen atoms in total. The minimum Gasteiger partial charge on any atom is -0.375 e. The van der Waals surface area contributed by atoms with Crippen molar-refractivity contribution in [2.24, 2.45) is 0 Å². The van der Waals surface area contributed by atoms with Crippen LogP contribution in [0.15, 0.2) is 0 Å². The molecule has 5 heteroatoms. The van der Waals surface area contributed by atoms with Crippen LogP contribution in [0.25, 0.3) is 0 Å². The van der Waals surface area contributed by atoms with Crippen molar-refractivity contribution in [3.63, 3.8) is 0 Å². The first kappa shape index (κ1) is 15.7. The molecule has 2 rings (SSSR count). The second kappa shape index (κ2) is 7.38. The van der Waals surface area contributed by atoms with Gasteiger partial charge in [0.1, 0.15) is 0 Å². The maximum Gasteiger partial charge on any atom is 0.222 e. The number of morpholine rings is 1. The van der Waals surface area contributed by atoms with E-state index in [0.717, 1.165) is 19.6 Å². The van der Waals surface area contributed by atoms with E-state index in [2.05, 4.69) is 29.6 Å². The quantitative estimate of drug-likeness (QED) is 0.782. The number of hydrogen-bond donors (Lipinski definition) is 2. The molecular formula is C15H29N3O2. The first-order valence-electron chi connectivity index (χ1n) is 7.89. The van der Waals surface area contributed by atoms with Crippen molar-refractivity contribution in [3.8, 4) is 0 Å². The normalized spacial score (nSPS) is 26.4. The van der Waals surface area contributed by atoms with Crippen molar-refractivity contribution in [1.82, 2.24) is 15.5 Å². The van der Waals surface area contributed by atoms with Crippen molar-refractivity contribution in [2.75, 3.05) is 40.3 Å². The standard InChI is InChI=1S/C15H29N3O2/c1-18(2)15(6-4-3-5-7-15)12-17-14(19)10-13-11-16-8-9-20-13/h13,16H,3-12H2,1-2H3,(H,17,19). The van der Waals surface area contributed by atoms with Gasteiger partial charge in [-0.1, -0.05) is 19.3 Å². The lowest BCUT2D eigenvalue weighted by molar-refractivity contribution is -0.125. The predicted octanol–water partition coefficient (Wildman–Crippen LogP) is 0.746. The Kier molecular flexibility index (Phi) is 5.81. The Morgan fingerprint density at radius 1 is 1.35 bits per heavy atom. The molecule has 2 aliphatic rings. The van der Waals surface area contributed by atoms with Gasteiger partial charge in [0, 0.05) is 25.2 Å². The summed E-state index contributed by atoms with van der Waals surface area (Å²) in [5.74, 6) is 0.116. The summed E-state index contributed by atoms with van der Waals surface area (Å²) in [6.45, 7) is 3.15. The molecule has 0 aromatic rings. The molecule has 0 aromatic carbocycles. The third-order valence-electron chi connectivity index (χ3n) is 4.77. The zero-order valence-corrected chi connectivity index (χ0v) is 12.9. The maximum absolute atomic E-state index is 12.1. The molecule has 1 atom stereocenters. The van der Waals surface area contributed by atoms with E-state index in [1.807, 2.05) is 0 Å². The number of carbonyl (C=O) groups is 1. The van der Waals surface area contributed by atoms with E-state index >= 15 is 0 Å². The highest BCUT2D eigenvalue weighted by atomic mass is 16.5. The molecule has 1 aliphatic carbocycles. The van der Waals surface area contributed by atoms with E-state index < -0.39 is 0 Å². The molecule has 1 amide bonds. The predicted molar refractivity (Wildman–Crippen MR) is 79.7 cm³/mol. The lowest BCUT2D eigenvalue weighted by Gasteiger charge is -2.43. The number of rotatable bonds is 5. The molecule has 20 heavy (non-hydrogen) atoms. The number of ether oxygens (including phenoxy) is 1. The van der Waals surface area contributed by atoms with E-state index in [0.29, 0.717) is 13.0 Å². The van der Waals surface area contributed by atoms with Crippen molar-refractivity contribution in [3.05, 3.63) is 0 Å². The zero-order chi connectivity index (χ0) is 14.4. The summed E-state index contributed by atoms with van der Waals surface area (Å²) < 4.78 is 5.58. The number of likely N-dealkylation sites (N-methyl/N-ethyl adjacent to an activating group) is 1. The minimum absolute atomic E-state index is 0.0328. The molecule has 0 radical (unpaired) electrons. The monoisotopic (exact) mass is 283 g/mol. The van der Waals surface area contributed by atoms with Crippen LogP contribution in [0.3, 0.4) is 0 Å². The van der Waals surface area contributed by atoms with E-state index in [1.165, 1.54) is 32.1 Å². The second-order valence-electron chi connectivity index (χ2n) is 6.36. The van der Waals surface area contributed by atoms with Gasteiger partial charge in [0.05, 0.1) is 19.1 Å². The Morgan fingerprint density at radius 2 is 2.10 bits per heavy atom. The van der Waals surface area contributed by atoms with Gasteiger partial charge >= 0.3 is 0 Å². The Labute approximate surface area is 122 Å². The van der Waals surface area contributed by atoms with Crippen LogP contribution >= 0.6 is 0 Å². The Balaban J connectivity index is 1.78. The van der Waals surface area contributed by atoms with Gasteiger partial charge in [-0.15, -0.1) is 0 Å². The van der Waals surface area contributed by atoms with Gasteiger partial charge in [0.15, 0.2) is 0 Å². The van der Waals surface area contributed by atoms with Crippen molar-refractivity contribution < 1.29 is 9.53 Å². The van der Waals surface area contributed by atoms with Gasteiger partial charge in [0.2, 0.25) is 5.91 Å². The van der Waals surface area contributed by atoms with Crippen LogP contribution in [-0.2, 0) is 9.53 Å². The van der Waals surface area contributed by atoms with Crippen molar-refractivity contribution in [1.29, 1.82) is 0 Å². The summed E-state index contributed by atoms with van der Waals surface area (Å²) >= 11 is 0. The molecule has 2 N–H and O–H groups in total. The van der Waals surface area contributed by atoms with Gasteiger partial charge in [-0.3, -0.25) is 4.79 Å². The smallest absolute Gasteiger partial charge is 0.222 e. The third-order valence-corrected chi connectivity index (χ3v) is 4.77. The number of amides is 1. The molecule has 0 bridgehead atoms. The second-order valence-corrected chi connectivity index (χ2v) is 6.36. The number of hydrogen-bond acceptors (Lipinski definition) is 4. The molecule has 2 fully saturated rings. The summed E-state index contributed by atoms with van der Waals surface area (Å²) in [5, 5.41) is 6.39. The molecule has 0 spiro atoms. The highest BCUT2D eigenvalue weighted by molar-refractivity contribution is 5.76. The molecule has 1 unspecified atom stereocenters. The molecule has 1 heterocycles. The molecular weight excluding hydrogens is 254 g/mol. The Morgan fingerprint density at radius 3 is 2.70 bits per heavy atom. The number of nitrogens with one attached hydrogen (secondary N) is 2. The fourth-order valence-corrected chi connectivity index (χ4v) is 3.28. The van der Waals surface area contributed by atoms with E-state index in [1.54, 1.807) is 0 Å². The first-order valence-corrected chi connectivity index (χ1v) is 7.89. The van der Waals surface area contributed by atoms with Crippen molar-refractivity contribution >= 4 is 5.91 Å². The lowest BCUT2D eigenvalue weighted by atomic mass is 9.80. The summed E-state index contributed by atoms with van der Waals surface area (Å²) in [5.41, 5.74) is 0.152. The third kappa shape index (κ3) is 4.17. The summed E-state index contributed by atoms with van der Waals surface area (Å²) in [6, 6.07) is 0. The highest BCUT2D eigenvalue weighted by Gasteiger charge is 2.34. The average molecular weight is 283 g/mol. The van der Waals surface area contributed by atoms with E-state index in [-0.39, 0.29) is 17.6 Å². The van der Waals surface area contributed by atoms with E-state index in [4.69, 9.17) is 4.74 Å². The van der Waals surface area contributed by atoms with Gasteiger partial charge in [-0.25, -0.2) is 0 Å². The maximum atomic E-state index is 12.1. The molecule has 0 aromatic heterocycles. The average Bonchev–Trinajstić information content (AvgIpc) is 2.47. The molecule has 1 saturated heterocycles. The lowest BCUT2D eigenvalue weighted by Crippen LogP contribution is -2.54. The number of carbonyl (C=O) groups excluding carboxylic acids is 1. The topological polar surface area (TPSA) is 53.6 Å². The fraction of sp³-hybridized carbons (Fsp3) is 0.933. The first-order chi connectivity index (χ1) is 9.62. The van der Waals surface area contributed by atoms with Gasteiger partial charge in [0.25, 0.3) is 0 Å². The van der Waals surface area contributed by atoms with Crippen LogP contribution in [-0.4, -0.2) is 62.8 Å². The van der Waals surface area contributed by atoms with Gasteiger partial charge in [-0.2, -0.15) is 0 Å². The number of nitrogens with zero attached hydrogens (tertiary/aromatic N) is 1. The van der Waals surface area contributed by atoms with Crippen LogP contribution in [0.4, 0.5) is 0 Å². The van der Waals surface area contributed by atoms with Crippen molar-refractivity contribution in [2.45, 2.75) is 50.2 Å². The molecule has 1 saturated carbocycles. The summed E-state index contributed by atoms with van der Waals surface area (Å²) in [7, 11) is 4.26.